The minimum atomic E-state index is -0.745. The topological polar surface area (TPSA) is 298 Å². The Balaban J connectivity index is -0.0000000240. The highest BCUT2D eigenvalue weighted by molar-refractivity contribution is 5.66. The van der Waals surface area contributed by atoms with E-state index in [-0.39, 0.29) is 51.7 Å². The molecule has 0 rings (SSSR count). The van der Waals surface area contributed by atoms with Gasteiger partial charge in [0.25, 0.3) is 45.3 Å². The molecule has 0 radical (unpaired) electrons. The van der Waals surface area contributed by atoms with Crippen LogP contribution in [0, 0.1) is 0 Å². The van der Waals surface area contributed by atoms with Gasteiger partial charge in [0.15, 0.2) is 0 Å². The number of rotatable bonds is 1. The molecule has 0 aromatic carbocycles. The molecule has 0 aromatic heterocycles. The van der Waals surface area contributed by atoms with E-state index in [9.17, 15) is 4.79 Å². The third-order valence-corrected chi connectivity index (χ3v) is 0.302. The van der Waals surface area contributed by atoms with Crippen LogP contribution >= 0.6 is 0 Å². The van der Waals surface area contributed by atoms with Gasteiger partial charge in [-0.1, -0.05) is 6.92 Å². The van der Waals surface area contributed by atoms with Crippen LogP contribution in [0.2, 0.25) is 0 Å². The normalized spacial score (nSPS) is 4.65. The van der Waals surface area contributed by atoms with Crippen LogP contribution in [0.3, 0.4) is 0 Å². The second-order valence-corrected chi connectivity index (χ2v) is 1.49. The smallest absolute Gasteiger partial charge is 0.303 e. The Morgan fingerprint density at radius 1 is 0.538 bits per heavy atom. The van der Waals surface area contributed by atoms with E-state index in [0.29, 0.717) is 0 Å². The first-order chi connectivity index (χ1) is 12.2. The van der Waals surface area contributed by atoms with E-state index in [4.69, 9.17) is 74.4 Å². The van der Waals surface area contributed by atoms with Crippen LogP contribution in [-0.4, -0.2) is 92.1 Å². The molecule has 16 nitrogen and oxygen atoms in total. The average Bonchev–Trinajstić information content (AvgIpc) is 2.53. The lowest BCUT2D eigenvalue weighted by atomic mass is 10.5. The van der Waals surface area contributed by atoms with Crippen molar-refractivity contribution in [3.8, 4) is 0 Å². The quantitative estimate of drug-likeness (QED) is 0.231. The molecule has 16 heteroatoms. The Morgan fingerprint density at radius 2 is 0.577 bits per heavy atom. The fraction of sp³-hybridized carbons (Fsp3) is 0.200. The van der Waals surface area contributed by atoms with Gasteiger partial charge in [-0.3, -0.25) is 38.4 Å². The van der Waals surface area contributed by atoms with Crippen molar-refractivity contribution < 1.29 is 79.2 Å². The van der Waals surface area contributed by atoms with Crippen LogP contribution in [0.5, 0.6) is 0 Å². The first kappa shape index (κ1) is 49.5. The van der Waals surface area contributed by atoms with Gasteiger partial charge in [0.05, 0.1) is 0 Å². The third-order valence-electron chi connectivity index (χ3n) is 0.302. The minimum Gasteiger partial charge on any atom is -0.483 e. The fourth-order valence-electron chi connectivity index (χ4n) is 0. The molecule has 0 aromatic rings. The summed E-state index contributed by atoms with van der Waals surface area (Å²) >= 11 is 0. The van der Waals surface area contributed by atoms with E-state index in [1.54, 1.807) is 6.92 Å². The summed E-state index contributed by atoms with van der Waals surface area (Å²) in [6.07, 6.45) is 0.222. The Morgan fingerprint density at radius 3 is 0.577 bits per heavy atom. The summed E-state index contributed by atoms with van der Waals surface area (Å²) in [7, 11) is 0. The van der Waals surface area contributed by atoms with Crippen molar-refractivity contribution in [1.29, 1.82) is 0 Å². The summed E-state index contributed by atoms with van der Waals surface area (Å²) in [5.41, 5.74) is 0. The molecule has 8 N–H and O–H groups in total. The van der Waals surface area contributed by atoms with E-state index in [1.807, 2.05) is 0 Å². The molecule has 0 saturated heterocycles. The summed E-state index contributed by atoms with van der Waals surface area (Å²) < 4.78 is 0. The molecule has 0 saturated carbocycles. The average molecular weight is 396 g/mol. The molecule has 0 atom stereocenters. The van der Waals surface area contributed by atoms with Crippen molar-refractivity contribution >= 4 is 51.3 Å². The van der Waals surface area contributed by atoms with E-state index < -0.39 is 5.97 Å². The molecule has 26 heavy (non-hydrogen) atoms. The summed E-state index contributed by atoms with van der Waals surface area (Å²) in [5.74, 6) is -0.745. The van der Waals surface area contributed by atoms with Crippen molar-refractivity contribution in [3.05, 3.63) is 0 Å². The molecule has 0 aliphatic carbocycles. The molecule has 156 valence electrons. The summed E-state index contributed by atoms with van der Waals surface area (Å²) in [5, 5.41) is 55.9. The van der Waals surface area contributed by atoms with Crippen LogP contribution < -0.4 is 0 Å². The number of hydrogen-bond acceptors (Lipinski definition) is 8. The van der Waals surface area contributed by atoms with Gasteiger partial charge >= 0.3 is 5.97 Å². The molecule has 0 fully saturated rings. The van der Waals surface area contributed by atoms with Gasteiger partial charge in [-0.15, -0.1) is 0 Å². The van der Waals surface area contributed by atoms with Gasteiger partial charge in [0.2, 0.25) is 0 Å². The minimum absolute atomic E-state index is 0.222. The van der Waals surface area contributed by atoms with Gasteiger partial charge in [-0.25, -0.2) is 0 Å². The maximum atomic E-state index is 9.37. The first-order valence-corrected chi connectivity index (χ1v) is 4.95. The van der Waals surface area contributed by atoms with Crippen LogP contribution in [0.25, 0.3) is 0 Å². The second kappa shape index (κ2) is 177. The highest BCUT2D eigenvalue weighted by Crippen LogP contribution is 1.67. The zero-order chi connectivity index (χ0) is 23.2. The molecular weight excluding hydrogens is 376 g/mol. The van der Waals surface area contributed by atoms with E-state index in [2.05, 4.69) is 0 Å². The zero-order valence-corrected chi connectivity index (χ0v) is 13.1. The van der Waals surface area contributed by atoms with Gasteiger partial charge < -0.3 is 40.9 Å². The van der Waals surface area contributed by atoms with Gasteiger partial charge in [0.1, 0.15) is 0 Å². The molecular formula is C10H20O16. The standard InChI is InChI=1S/C3H6O2.7CH2O2/c1-2-3(4)5;7*2-1-3/h2H2,1H3,(H,4,5);7*1H,(H,2,3). The first-order valence-electron chi connectivity index (χ1n) is 4.95. The van der Waals surface area contributed by atoms with Crippen molar-refractivity contribution in [1.82, 2.24) is 0 Å². The Labute approximate surface area is 145 Å². The molecule has 0 spiro atoms. The SMILES string of the molecule is CCC(=O)O.O=CO.O=CO.O=CO.O=CO.O=CO.O=CO.O=CO. The van der Waals surface area contributed by atoms with Gasteiger partial charge in [-0.2, -0.15) is 0 Å². The molecule has 0 aliphatic heterocycles. The Bertz CT molecular complexity index is 217. The second-order valence-electron chi connectivity index (χ2n) is 1.49. The maximum Gasteiger partial charge on any atom is 0.303 e. The monoisotopic (exact) mass is 396 g/mol. The lowest BCUT2D eigenvalue weighted by Gasteiger charge is -1.71. The summed E-state index contributed by atoms with van der Waals surface area (Å²) in [4.78, 5) is 67.9. The van der Waals surface area contributed by atoms with E-state index in [0.717, 1.165) is 0 Å². The maximum absolute atomic E-state index is 9.37. The van der Waals surface area contributed by atoms with E-state index in [1.165, 1.54) is 0 Å². The van der Waals surface area contributed by atoms with Crippen molar-refractivity contribution in [2.75, 3.05) is 0 Å². The number of hydrogen-bond donors (Lipinski definition) is 8. The third kappa shape index (κ3) is 1390. The zero-order valence-electron chi connectivity index (χ0n) is 13.1. The summed E-state index contributed by atoms with van der Waals surface area (Å²) in [6.45, 7) is -0.150. The van der Waals surface area contributed by atoms with Crippen LogP contribution in [0.1, 0.15) is 13.3 Å². The number of carboxylic acid groups (broad SMARTS) is 8. The molecule has 0 unspecified atom stereocenters. The summed E-state index contributed by atoms with van der Waals surface area (Å²) in [6, 6.07) is 0. The van der Waals surface area contributed by atoms with Crippen molar-refractivity contribution in [3.63, 3.8) is 0 Å². The number of carboxylic acids is 1. The van der Waals surface area contributed by atoms with Crippen LogP contribution in [-0.2, 0) is 38.4 Å². The lowest BCUT2D eigenvalue weighted by Crippen LogP contribution is -1.86. The van der Waals surface area contributed by atoms with Gasteiger partial charge in [0, 0.05) is 6.42 Å². The Kier molecular flexibility index (Phi) is 338. The highest BCUT2D eigenvalue weighted by Gasteiger charge is 1.80. The van der Waals surface area contributed by atoms with Crippen LogP contribution in [0.15, 0.2) is 0 Å². The van der Waals surface area contributed by atoms with Crippen molar-refractivity contribution in [2.24, 2.45) is 0 Å². The molecule has 0 amide bonds. The fourth-order valence-corrected chi connectivity index (χ4v) is 0. The van der Waals surface area contributed by atoms with Crippen molar-refractivity contribution in [2.45, 2.75) is 13.3 Å². The molecule has 0 bridgehead atoms. The lowest BCUT2D eigenvalue weighted by molar-refractivity contribution is -0.136. The Hall–Kier alpha value is -4.24. The predicted octanol–water partition coefficient (Wildman–Crippen LogP) is -1.61. The van der Waals surface area contributed by atoms with Gasteiger partial charge in [-0.05, 0) is 0 Å². The largest absolute Gasteiger partial charge is 0.483 e. The van der Waals surface area contributed by atoms with Crippen LogP contribution in [0.4, 0.5) is 0 Å². The number of aliphatic carboxylic acids is 1. The highest BCUT2D eigenvalue weighted by atomic mass is 16.4. The number of carbonyl (C=O) groups is 8. The predicted molar refractivity (Wildman–Crippen MR) is 78.8 cm³/mol. The molecule has 0 heterocycles. The van der Waals surface area contributed by atoms with E-state index >= 15 is 0 Å². The molecule has 0 aliphatic rings.